The third-order valence-electron chi connectivity index (χ3n) is 2.12. The number of piperazine rings is 1. The lowest BCUT2D eigenvalue weighted by atomic mass is 10.2. The smallest absolute Gasteiger partial charge is 0.0235 e. The molecule has 60 valence electrons. The second kappa shape index (κ2) is 3.88. The number of halogens is 1. The molecule has 0 unspecified atom stereocenters. The Kier molecular flexibility index (Phi) is 3.39. The van der Waals surface area contributed by atoms with Crippen molar-refractivity contribution in [3.8, 4) is 0 Å². The minimum atomic E-state index is 0.746. The van der Waals surface area contributed by atoms with Crippen LogP contribution in [0.5, 0.6) is 0 Å². The standard InChI is InChI=1S/C7H15IN2/c1-3-9-4-5-10(8)6-7(9)2/h7H,3-6H2,1-2H3/t7-/m1/s1. The molecule has 0 saturated carbocycles. The normalized spacial score (nSPS) is 30.9. The molecule has 0 radical (unpaired) electrons. The monoisotopic (exact) mass is 254 g/mol. The maximum Gasteiger partial charge on any atom is 0.0235 e. The highest BCUT2D eigenvalue weighted by Gasteiger charge is 2.19. The zero-order valence-corrected chi connectivity index (χ0v) is 8.84. The van der Waals surface area contributed by atoms with Gasteiger partial charge in [-0.1, -0.05) is 6.92 Å². The quantitative estimate of drug-likeness (QED) is 0.515. The van der Waals surface area contributed by atoms with Crippen LogP contribution in [0.3, 0.4) is 0 Å². The molecule has 1 atom stereocenters. The highest BCUT2D eigenvalue weighted by Crippen LogP contribution is 2.11. The van der Waals surface area contributed by atoms with Crippen LogP contribution < -0.4 is 0 Å². The summed E-state index contributed by atoms with van der Waals surface area (Å²) in [5.74, 6) is 0. The third-order valence-corrected chi connectivity index (χ3v) is 3.00. The van der Waals surface area contributed by atoms with Gasteiger partial charge in [0.1, 0.15) is 0 Å². The molecule has 1 aliphatic rings. The first-order valence-corrected chi connectivity index (χ1v) is 4.85. The van der Waals surface area contributed by atoms with E-state index in [1.54, 1.807) is 0 Å². The van der Waals surface area contributed by atoms with Crippen molar-refractivity contribution < 1.29 is 0 Å². The molecule has 0 aromatic rings. The molecule has 1 saturated heterocycles. The van der Waals surface area contributed by atoms with Crippen molar-refractivity contribution in [3.05, 3.63) is 0 Å². The summed E-state index contributed by atoms with van der Waals surface area (Å²) in [6, 6.07) is 0.746. The Labute approximate surface area is 77.1 Å². The summed E-state index contributed by atoms with van der Waals surface area (Å²) in [6.07, 6.45) is 0. The molecule has 3 heteroatoms. The average molecular weight is 254 g/mol. The Morgan fingerprint density at radius 1 is 1.50 bits per heavy atom. The minimum absolute atomic E-state index is 0.746. The molecule has 0 aliphatic carbocycles. The van der Waals surface area contributed by atoms with E-state index in [1.807, 2.05) is 0 Å². The predicted molar refractivity (Wildman–Crippen MR) is 52.3 cm³/mol. The van der Waals surface area contributed by atoms with Gasteiger partial charge in [0.15, 0.2) is 0 Å². The zero-order chi connectivity index (χ0) is 7.56. The van der Waals surface area contributed by atoms with E-state index in [0.29, 0.717) is 0 Å². The van der Waals surface area contributed by atoms with Crippen LogP contribution in [0.25, 0.3) is 0 Å². The van der Waals surface area contributed by atoms with Gasteiger partial charge in [0.25, 0.3) is 0 Å². The second-order valence-electron chi connectivity index (χ2n) is 2.85. The van der Waals surface area contributed by atoms with Crippen LogP contribution >= 0.6 is 22.9 Å². The highest BCUT2D eigenvalue weighted by molar-refractivity contribution is 14.1. The maximum absolute atomic E-state index is 2.52. The fourth-order valence-corrected chi connectivity index (χ4v) is 2.21. The molecule has 0 aromatic carbocycles. The number of hydrogen-bond acceptors (Lipinski definition) is 2. The lowest BCUT2D eigenvalue weighted by molar-refractivity contribution is 0.150. The molecule has 0 N–H and O–H groups in total. The number of hydrogen-bond donors (Lipinski definition) is 0. The van der Waals surface area contributed by atoms with Crippen molar-refractivity contribution >= 4 is 22.9 Å². The van der Waals surface area contributed by atoms with E-state index in [0.717, 1.165) is 6.04 Å². The van der Waals surface area contributed by atoms with Crippen molar-refractivity contribution in [2.75, 3.05) is 26.2 Å². The van der Waals surface area contributed by atoms with Gasteiger partial charge in [-0.3, -0.25) is 4.90 Å². The van der Waals surface area contributed by atoms with E-state index in [9.17, 15) is 0 Å². The molecule has 0 aromatic heterocycles. The maximum atomic E-state index is 2.52. The van der Waals surface area contributed by atoms with Crippen LogP contribution in [0, 0.1) is 0 Å². The number of nitrogens with zero attached hydrogens (tertiary/aromatic N) is 2. The topological polar surface area (TPSA) is 6.48 Å². The first-order chi connectivity index (χ1) is 4.74. The van der Waals surface area contributed by atoms with Gasteiger partial charge in [0.2, 0.25) is 0 Å². The minimum Gasteiger partial charge on any atom is -0.298 e. The summed E-state index contributed by atoms with van der Waals surface area (Å²) in [5, 5.41) is 0. The van der Waals surface area contributed by atoms with Gasteiger partial charge in [-0.05, 0) is 13.5 Å². The van der Waals surface area contributed by atoms with E-state index < -0.39 is 0 Å². The van der Waals surface area contributed by atoms with Crippen molar-refractivity contribution in [1.29, 1.82) is 0 Å². The summed E-state index contributed by atoms with van der Waals surface area (Å²) in [7, 11) is 0. The van der Waals surface area contributed by atoms with Gasteiger partial charge in [-0.15, -0.1) is 0 Å². The molecular formula is C7H15IN2. The molecule has 10 heavy (non-hydrogen) atoms. The number of rotatable bonds is 1. The van der Waals surface area contributed by atoms with E-state index in [4.69, 9.17) is 0 Å². The predicted octanol–water partition coefficient (Wildman–Crippen LogP) is 1.36. The summed E-state index contributed by atoms with van der Waals surface area (Å²) in [6.45, 7) is 9.41. The Balaban J connectivity index is 2.36. The summed E-state index contributed by atoms with van der Waals surface area (Å²) in [5.41, 5.74) is 0. The fraction of sp³-hybridized carbons (Fsp3) is 1.00. The van der Waals surface area contributed by atoms with Crippen LogP contribution in [-0.2, 0) is 0 Å². The van der Waals surface area contributed by atoms with Gasteiger partial charge < -0.3 is 0 Å². The average Bonchev–Trinajstić information content (AvgIpc) is 1.88. The van der Waals surface area contributed by atoms with Crippen LogP contribution in [0.1, 0.15) is 13.8 Å². The summed E-state index contributed by atoms with van der Waals surface area (Å²) < 4.78 is 2.37. The molecular weight excluding hydrogens is 239 g/mol. The number of likely N-dealkylation sites (N-methyl/N-ethyl adjacent to an activating group) is 1. The molecule has 1 rings (SSSR count). The van der Waals surface area contributed by atoms with Crippen molar-refractivity contribution in [3.63, 3.8) is 0 Å². The van der Waals surface area contributed by atoms with Gasteiger partial charge in [0.05, 0.1) is 0 Å². The first-order valence-electron chi connectivity index (χ1n) is 3.88. The molecule has 0 spiro atoms. The van der Waals surface area contributed by atoms with Crippen LogP contribution in [0.2, 0.25) is 0 Å². The summed E-state index contributed by atoms with van der Waals surface area (Å²) in [4.78, 5) is 2.52. The van der Waals surface area contributed by atoms with Crippen LogP contribution in [0.15, 0.2) is 0 Å². The van der Waals surface area contributed by atoms with Crippen molar-refractivity contribution in [2.45, 2.75) is 19.9 Å². The van der Waals surface area contributed by atoms with E-state index >= 15 is 0 Å². The van der Waals surface area contributed by atoms with Gasteiger partial charge >= 0.3 is 0 Å². The van der Waals surface area contributed by atoms with Gasteiger partial charge in [-0.2, -0.15) is 0 Å². The van der Waals surface area contributed by atoms with Crippen molar-refractivity contribution in [2.24, 2.45) is 0 Å². The van der Waals surface area contributed by atoms with E-state index in [2.05, 4.69) is 44.7 Å². The second-order valence-corrected chi connectivity index (χ2v) is 4.21. The third kappa shape index (κ3) is 2.07. The molecule has 1 fully saturated rings. The molecule has 1 heterocycles. The fourth-order valence-electron chi connectivity index (χ4n) is 1.42. The molecule has 2 nitrogen and oxygen atoms in total. The lowest BCUT2D eigenvalue weighted by Gasteiger charge is -2.36. The zero-order valence-electron chi connectivity index (χ0n) is 6.68. The van der Waals surface area contributed by atoms with Crippen molar-refractivity contribution in [1.82, 2.24) is 8.01 Å². The van der Waals surface area contributed by atoms with Crippen LogP contribution in [0.4, 0.5) is 0 Å². The largest absolute Gasteiger partial charge is 0.298 e. The van der Waals surface area contributed by atoms with Crippen LogP contribution in [-0.4, -0.2) is 40.2 Å². The lowest BCUT2D eigenvalue weighted by Crippen LogP contribution is -2.48. The Bertz CT molecular complexity index is 108. The Morgan fingerprint density at radius 3 is 2.70 bits per heavy atom. The SMILES string of the molecule is CCN1CCN(I)C[C@H]1C. The van der Waals surface area contributed by atoms with E-state index in [-0.39, 0.29) is 0 Å². The first kappa shape index (κ1) is 8.74. The Morgan fingerprint density at radius 2 is 2.20 bits per heavy atom. The van der Waals surface area contributed by atoms with Gasteiger partial charge in [-0.25, -0.2) is 3.11 Å². The highest BCUT2D eigenvalue weighted by atomic mass is 127. The summed E-state index contributed by atoms with van der Waals surface area (Å²) >= 11 is 2.40. The molecule has 1 aliphatic heterocycles. The van der Waals surface area contributed by atoms with Gasteiger partial charge in [0, 0.05) is 48.5 Å². The molecule has 0 amide bonds. The van der Waals surface area contributed by atoms with E-state index in [1.165, 1.54) is 26.2 Å². The molecule has 0 bridgehead atoms. The Hall–Kier alpha value is 0.650.